The summed E-state index contributed by atoms with van der Waals surface area (Å²) >= 11 is 7.88. The van der Waals surface area contributed by atoms with E-state index in [2.05, 4.69) is 44.1 Å². The molecule has 0 spiro atoms. The molecule has 0 saturated carbocycles. The zero-order valence-electron chi connectivity index (χ0n) is 13.2. The van der Waals surface area contributed by atoms with Gasteiger partial charge in [0.2, 0.25) is 0 Å². The molecule has 0 aliphatic heterocycles. The Balaban J connectivity index is 2.24. The fourth-order valence-corrected chi connectivity index (χ4v) is 3.65. The normalized spacial score (nSPS) is 12.6. The Labute approximate surface area is 136 Å². The van der Waals surface area contributed by atoms with E-state index in [1.807, 2.05) is 12.1 Å². The van der Waals surface area contributed by atoms with Gasteiger partial charge in [-0.1, -0.05) is 24.6 Å². The van der Waals surface area contributed by atoms with E-state index in [0.717, 1.165) is 30.1 Å². The summed E-state index contributed by atoms with van der Waals surface area (Å²) in [7, 11) is 0. The van der Waals surface area contributed by atoms with E-state index in [1.54, 1.807) is 11.3 Å². The zero-order valence-corrected chi connectivity index (χ0v) is 14.7. The number of nitrogens with zero attached hydrogens (tertiary/aromatic N) is 1. The number of aryl methyl sites for hydroxylation is 3. The van der Waals surface area contributed by atoms with Gasteiger partial charge in [-0.2, -0.15) is 0 Å². The van der Waals surface area contributed by atoms with E-state index < -0.39 is 0 Å². The van der Waals surface area contributed by atoms with E-state index in [9.17, 15) is 0 Å². The number of nitrogens with one attached hydrogen (secondary N) is 1. The number of aromatic nitrogens is 1. The van der Waals surface area contributed by atoms with E-state index in [1.165, 1.54) is 21.0 Å². The number of hydrogen-bond donors (Lipinski definition) is 1. The van der Waals surface area contributed by atoms with Crippen LogP contribution in [0.5, 0.6) is 0 Å². The molecule has 0 radical (unpaired) electrons. The smallest absolute Gasteiger partial charge is 0.0949 e. The lowest BCUT2D eigenvalue weighted by atomic mass is 9.99. The Kier molecular flexibility index (Phi) is 5.80. The molecule has 4 heteroatoms. The van der Waals surface area contributed by atoms with Crippen molar-refractivity contribution in [2.75, 3.05) is 6.54 Å². The second kappa shape index (κ2) is 7.39. The predicted octanol–water partition coefficient (Wildman–Crippen LogP) is 5.01. The van der Waals surface area contributed by atoms with Crippen LogP contribution in [0.3, 0.4) is 0 Å². The van der Waals surface area contributed by atoms with Crippen LogP contribution in [0.15, 0.2) is 18.2 Å². The van der Waals surface area contributed by atoms with Gasteiger partial charge in [0.1, 0.15) is 0 Å². The molecule has 1 unspecified atom stereocenters. The van der Waals surface area contributed by atoms with Crippen molar-refractivity contribution < 1.29 is 0 Å². The topological polar surface area (TPSA) is 24.9 Å². The van der Waals surface area contributed by atoms with Crippen LogP contribution in [-0.2, 0) is 6.42 Å². The molecular weight excluding hydrogens is 300 g/mol. The van der Waals surface area contributed by atoms with Gasteiger partial charge in [-0.15, -0.1) is 11.3 Å². The van der Waals surface area contributed by atoms with Crippen molar-refractivity contribution in [3.8, 4) is 0 Å². The van der Waals surface area contributed by atoms with Crippen molar-refractivity contribution in [3.05, 3.63) is 49.9 Å². The van der Waals surface area contributed by atoms with Gasteiger partial charge in [-0.05, 0) is 57.0 Å². The fraction of sp³-hybridized carbons (Fsp3) is 0.471. The van der Waals surface area contributed by atoms with Crippen LogP contribution in [0.25, 0.3) is 0 Å². The lowest BCUT2D eigenvalue weighted by molar-refractivity contribution is 0.526. The van der Waals surface area contributed by atoms with Gasteiger partial charge in [0.15, 0.2) is 0 Å². The van der Waals surface area contributed by atoms with E-state index in [0.29, 0.717) is 6.04 Å². The first-order valence-electron chi connectivity index (χ1n) is 7.43. The Morgan fingerprint density at radius 1 is 1.29 bits per heavy atom. The molecule has 2 nitrogen and oxygen atoms in total. The summed E-state index contributed by atoms with van der Waals surface area (Å²) in [6.45, 7) is 9.54. The Bertz CT molecular complexity index is 587. The summed E-state index contributed by atoms with van der Waals surface area (Å²) in [4.78, 5) is 6.00. The summed E-state index contributed by atoms with van der Waals surface area (Å²) in [5, 5.41) is 5.65. The largest absolute Gasteiger partial charge is 0.310 e. The third-order valence-electron chi connectivity index (χ3n) is 3.70. The van der Waals surface area contributed by atoms with Crippen molar-refractivity contribution in [1.29, 1.82) is 0 Å². The SMILES string of the molecule is CCCNC(Cc1nc(C)c(C)s1)c1ccc(Cl)cc1C. The monoisotopic (exact) mass is 322 g/mol. The highest BCUT2D eigenvalue weighted by Crippen LogP contribution is 2.27. The molecule has 0 bridgehead atoms. The Morgan fingerprint density at radius 3 is 2.62 bits per heavy atom. The highest BCUT2D eigenvalue weighted by molar-refractivity contribution is 7.11. The van der Waals surface area contributed by atoms with Gasteiger partial charge >= 0.3 is 0 Å². The minimum atomic E-state index is 0.298. The van der Waals surface area contributed by atoms with Gasteiger partial charge < -0.3 is 5.32 Å². The molecule has 1 aromatic heterocycles. The summed E-state index contributed by atoms with van der Waals surface area (Å²) in [5.74, 6) is 0. The van der Waals surface area contributed by atoms with Crippen LogP contribution in [0.1, 0.15) is 46.1 Å². The summed E-state index contributed by atoms with van der Waals surface area (Å²) in [5.41, 5.74) is 3.71. The van der Waals surface area contributed by atoms with E-state index >= 15 is 0 Å². The van der Waals surface area contributed by atoms with Crippen molar-refractivity contribution in [2.24, 2.45) is 0 Å². The number of rotatable bonds is 6. The molecule has 114 valence electrons. The zero-order chi connectivity index (χ0) is 15.4. The van der Waals surface area contributed by atoms with Crippen LogP contribution >= 0.6 is 22.9 Å². The van der Waals surface area contributed by atoms with Gasteiger partial charge in [-0.25, -0.2) is 4.98 Å². The molecule has 0 saturated heterocycles. The molecule has 2 rings (SSSR count). The van der Waals surface area contributed by atoms with Gasteiger partial charge in [-0.3, -0.25) is 0 Å². The first-order chi connectivity index (χ1) is 10.0. The third-order valence-corrected chi connectivity index (χ3v) is 5.03. The average Bonchev–Trinajstić information content (AvgIpc) is 2.74. The van der Waals surface area contributed by atoms with E-state index in [4.69, 9.17) is 11.6 Å². The molecule has 1 aromatic carbocycles. The maximum atomic E-state index is 6.08. The molecule has 0 fully saturated rings. The van der Waals surface area contributed by atoms with Gasteiger partial charge in [0.25, 0.3) is 0 Å². The van der Waals surface area contributed by atoms with Crippen LogP contribution in [0, 0.1) is 20.8 Å². The first-order valence-corrected chi connectivity index (χ1v) is 8.63. The van der Waals surface area contributed by atoms with Crippen molar-refractivity contribution >= 4 is 22.9 Å². The van der Waals surface area contributed by atoms with Crippen LogP contribution < -0.4 is 5.32 Å². The van der Waals surface area contributed by atoms with Crippen LogP contribution in [0.4, 0.5) is 0 Å². The minimum absolute atomic E-state index is 0.298. The van der Waals surface area contributed by atoms with Crippen molar-refractivity contribution in [3.63, 3.8) is 0 Å². The summed E-state index contributed by atoms with van der Waals surface area (Å²) in [6.07, 6.45) is 2.06. The predicted molar refractivity (Wildman–Crippen MR) is 92.5 cm³/mol. The van der Waals surface area contributed by atoms with Crippen LogP contribution in [-0.4, -0.2) is 11.5 Å². The highest BCUT2D eigenvalue weighted by Gasteiger charge is 2.16. The molecule has 0 aliphatic carbocycles. The van der Waals surface area contributed by atoms with Crippen molar-refractivity contribution in [1.82, 2.24) is 10.3 Å². The molecule has 1 N–H and O–H groups in total. The molecule has 1 atom stereocenters. The molecule has 21 heavy (non-hydrogen) atoms. The number of hydrogen-bond acceptors (Lipinski definition) is 3. The lowest BCUT2D eigenvalue weighted by Gasteiger charge is -2.20. The number of halogens is 1. The molecule has 0 aliphatic rings. The molecule has 0 amide bonds. The average molecular weight is 323 g/mol. The third kappa shape index (κ3) is 4.29. The molecule has 1 heterocycles. The number of thiazole rings is 1. The minimum Gasteiger partial charge on any atom is -0.310 e. The quantitative estimate of drug-likeness (QED) is 0.809. The first kappa shape index (κ1) is 16.5. The van der Waals surface area contributed by atoms with Gasteiger partial charge in [0, 0.05) is 22.4 Å². The highest BCUT2D eigenvalue weighted by atomic mass is 35.5. The second-order valence-corrected chi connectivity index (χ2v) is 7.19. The lowest BCUT2D eigenvalue weighted by Crippen LogP contribution is -2.24. The fourth-order valence-electron chi connectivity index (χ4n) is 2.44. The van der Waals surface area contributed by atoms with E-state index in [-0.39, 0.29) is 0 Å². The van der Waals surface area contributed by atoms with Gasteiger partial charge in [0.05, 0.1) is 10.7 Å². The maximum absolute atomic E-state index is 6.08. The summed E-state index contributed by atoms with van der Waals surface area (Å²) < 4.78 is 0. The van der Waals surface area contributed by atoms with Crippen LogP contribution in [0.2, 0.25) is 5.02 Å². The number of benzene rings is 1. The Hall–Kier alpha value is -0.900. The summed E-state index contributed by atoms with van der Waals surface area (Å²) in [6, 6.07) is 6.45. The standard InChI is InChI=1S/C17H23ClN2S/c1-5-8-19-16(10-17-20-12(3)13(4)21-17)15-7-6-14(18)9-11(15)2/h6-7,9,16,19H,5,8,10H2,1-4H3. The van der Waals surface area contributed by atoms with Crippen molar-refractivity contribution in [2.45, 2.75) is 46.6 Å². The second-order valence-electron chi connectivity index (χ2n) is 5.46. The molecular formula is C17H23ClN2S. The molecule has 2 aromatic rings. The Morgan fingerprint density at radius 2 is 2.05 bits per heavy atom. The maximum Gasteiger partial charge on any atom is 0.0949 e.